The van der Waals surface area contributed by atoms with Crippen molar-refractivity contribution in [1.82, 2.24) is 9.80 Å². The van der Waals surface area contributed by atoms with Crippen LogP contribution in [0.3, 0.4) is 0 Å². The van der Waals surface area contributed by atoms with Crippen molar-refractivity contribution in [2.24, 2.45) is 0 Å². The molecule has 0 aromatic rings. The Bertz CT molecular complexity index is 228. The Morgan fingerprint density at radius 2 is 2.21 bits per heavy atom. The molecule has 0 radical (unpaired) electrons. The quantitative estimate of drug-likeness (QED) is 0.673. The fourth-order valence-electron chi connectivity index (χ4n) is 2.23. The van der Waals surface area contributed by atoms with Crippen LogP contribution in [0.4, 0.5) is 0 Å². The summed E-state index contributed by atoms with van der Waals surface area (Å²) in [4.78, 5) is 15.7. The van der Waals surface area contributed by atoms with Gasteiger partial charge in [0.15, 0.2) is 0 Å². The molecule has 0 aromatic carbocycles. The molecule has 4 heteroatoms. The molecule has 0 spiro atoms. The molecule has 1 aliphatic carbocycles. The fraction of sp³-hybridized carbons (Fsp3) is 0.900. The SMILES string of the molecule is CN1CCC(N(CCO)C2CC2)C1=O. The Morgan fingerprint density at radius 1 is 1.50 bits per heavy atom. The second-order valence-corrected chi connectivity index (χ2v) is 4.26. The van der Waals surface area contributed by atoms with Crippen molar-refractivity contribution in [3.05, 3.63) is 0 Å². The molecular weight excluding hydrogens is 180 g/mol. The lowest BCUT2D eigenvalue weighted by Gasteiger charge is -2.26. The highest BCUT2D eigenvalue weighted by Crippen LogP contribution is 2.31. The largest absolute Gasteiger partial charge is 0.395 e. The molecule has 2 aliphatic rings. The standard InChI is InChI=1S/C10H18N2O2/c1-11-5-4-9(10(11)14)12(6-7-13)8-2-3-8/h8-9,13H,2-7H2,1H3. The van der Waals surface area contributed by atoms with E-state index >= 15 is 0 Å². The van der Waals surface area contributed by atoms with Gasteiger partial charge in [0.1, 0.15) is 0 Å². The number of rotatable bonds is 4. The number of carbonyl (C=O) groups excluding carboxylic acids is 1. The zero-order chi connectivity index (χ0) is 10.1. The number of carbonyl (C=O) groups is 1. The van der Waals surface area contributed by atoms with Crippen molar-refractivity contribution in [2.45, 2.75) is 31.3 Å². The zero-order valence-electron chi connectivity index (χ0n) is 8.65. The summed E-state index contributed by atoms with van der Waals surface area (Å²) in [5.74, 6) is 0.227. The first-order chi connectivity index (χ1) is 6.74. The second-order valence-electron chi connectivity index (χ2n) is 4.26. The van der Waals surface area contributed by atoms with Crippen LogP contribution >= 0.6 is 0 Å². The van der Waals surface area contributed by atoms with Crippen molar-refractivity contribution in [3.63, 3.8) is 0 Å². The minimum Gasteiger partial charge on any atom is -0.395 e. The third-order valence-corrected chi connectivity index (χ3v) is 3.17. The van der Waals surface area contributed by atoms with E-state index < -0.39 is 0 Å². The Balaban J connectivity index is 1.99. The number of amides is 1. The van der Waals surface area contributed by atoms with E-state index in [0.29, 0.717) is 12.6 Å². The van der Waals surface area contributed by atoms with E-state index in [-0.39, 0.29) is 18.6 Å². The van der Waals surface area contributed by atoms with Crippen LogP contribution in [-0.2, 0) is 4.79 Å². The maximum absolute atomic E-state index is 11.8. The summed E-state index contributed by atoms with van der Waals surface area (Å²) >= 11 is 0. The summed E-state index contributed by atoms with van der Waals surface area (Å²) in [6.07, 6.45) is 3.30. The lowest BCUT2D eigenvalue weighted by molar-refractivity contribution is -0.131. The van der Waals surface area contributed by atoms with Crippen molar-refractivity contribution in [2.75, 3.05) is 26.7 Å². The van der Waals surface area contributed by atoms with Gasteiger partial charge in [0, 0.05) is 26.2 Å². The van der Waals surface area contributed by atoms with Gasteiger partial charge in [-0.2, -0.15) is 0 Å². The Hall–Kier alpha value is -0.610. The van der Waals surface area contributed by atoms with Crippen LogP contribution in [0.5, 0.6) is 0 Å². The molecule has 1 amide bonds. The van der Waals surface area contributed by atoms with Gasteiger partial charge < -0.3 is 10.0 Å². The molecule has 1 atom stereocenters. The molecule has 1 saturated heterocycles. The summed E-state index contributed by atoms with van der Waals surface area (Å²) in [6.45, 7) is 1.66. The topological polar surface area (TPSA) is 43.8 Å². The highest BCUT2D eigenvalue weighted by atomic mass is 16.3. The summed E-state index contributed by atoms with van der Waals surface area (Å²) in [7, 11) is 1.85. The normalized spacial score (nSPS) is 27.8. The molecule has 1 aliphatic heterocycles. The Morgan fingerprint density at radius 3 is 2.64 bits per heavy atom. The van der Waals surface area contributed by atoms with Crippen LogP contribution < -0.4 is 0 Å². The maximum atomic E-state index is 11.8. The number of hydrogen-bond acceptors (Lipinski definition) is 3. The van der Waals surface area contributed by atoms with Gasteiger partial charge in [0.25, 0.3) is 0 Å². The average molecular weight is 198 g/mol. The van der Waals surface area contributed by atoms with Crippen LogP contribution in [0.1, 0.15) is 19.3 Å². The molecule has 14 heavy (non-hydrogen) atoms. The molecule has 80 valence electrons. The van der Waals surface area contributed by atoms with Gasteiger partial charge in [-0.25, -0.2) is 0 Å². The van der Waals surface area contributed by atoms with Crippen LogP contribution in [0, 0.1) is 0 Å². The van der Waals surface area contributed by atoms with Crippen LogP contribution in [0.15, 0.2) is 0 Å². The molecule has 2 fully saturated rings. The molecule has 2 rings (SSSR count). The first-order valence-corrected chi connectivity index (χ1v) is 5.35. The van der Waals surface area contributed by atoms with Crippen molar-refractivity contribution in [1.29, 1.82) is 0 Å². The molecule has 1 N–H and O–H groups in total. The van der Waals surface area contributed by atoms with Gasteiger partial charge in [-0.15, -0.1) is 0 Å². The molecule has 0 aromatic heterocycles. The summed E-state index contributed by atoms with van der Waals surface area (Å²) in [5, 5.41) is 8.96. The molecule has 1 saturated carbocycles. The van der Waals surface area contributed by atoms with Gasteiger partial charge in [0.05, 0.1) is 12.6 Å². The first kappa shape index (κ1) is 9.93. The van der Waals surface area contributed by atoms with Gasteiger partial charge in [-0.05, 0) is 19.3 Å². The number of likely N-dealkylation sites (tertiary alicyclic amines) is 1. The highest BCUT2D eigenvalue weighted by Gasteiger charge is 2.40. The minimum absolute atomic E-state index is 0.0413. The number of likely N-dealkylation sites (N-methyl/N-ethyl adjacent to an activating group) is 1. The van der Waals surface area contributed by atoms with Gasteiger partial charge in [-0.3, -0.25) is 9.69 Å². The lowest BCUT2D eigenvalue weighted by Crippen LogP contribution is -2.43. The first-order valence-electron chi connectivity index (χ1n) is 5.35. The molecule has 1 heterocycles. The Labute approximate surface area is 84.5 Å². The highest BCUT2D eigenvalue weighted by molar-refractivity contribution is 5.83. The summed E-state index contributed by atoms with van der Waals surface area (Å²) in [5.41, 5.74) is 0. The van der Waals surface area contributed by atoms with Crippen molar-refractivity contribution >= 4 is 5.91 Å². The van der Waals surface area contributed by atoms with E-state index in [2.05, 4.69) is 4.90 Å². The third-order valence-electron chi connectivity index (χ3n) is 3.17. The van der Waals surface area contributed by atoms with E-state index in [1.165, 1.54) is 12.8 Å². The number of nitrogens with zero attached hydrogens (tertiary/aromatic N) is 2. The average Bonchev–Trinajstić information content (AvgIpc) is 2.94. The van der Waals surface area contributed by atoms with E-state index in [4.69, 9.17) is 5.11 Å². The van der Waals surface area contributed by atoms with Crippen LogP contribution in [0.25, 0.3) is 0 Å². The van der Waals surface area contributed by atoms with Gasteiger partial charge >= 0.3 is 0 Å². The predicted molar refractivity (Wildman–Crippen MR) is 52.9 cm³/mol. The Kier molecular flexibility index (Phi) is 2.74. The predicted octanol–water partition coefficient (Wildman–Crippen LogP) is -0.326. The zero-order valence-corrected chi connectivity index (χ0v) is 8.65. The van der Waals surface area contributed by atoms with Crippen LogP contribution in [0.2, 0.25) is 0 Å². The monoisotopic (exact) mass is 198 g/mol. The number of aliphatic hydroxyl groups is 1. The lowest BCUT2D eigenvalue weighted by atomic mass is 10.2. The second kappa shape index (κ2) is 3.87. The summed E-state index contributed by atoms with van der Waals surface area (Å²) < 4.78 is 0. The minimum atomic E-state index is 0.0413. The van der Waals surface area contributed by atoms with E-state index in [1.54, 1.807) is 4.90 Å². The number of hydrogen-bond donors (Lipinski definition) is 1. The molecule has 4 nitrogen and oxygen atoms in total. The van der Waals surface area contributed by atoms with Crippen molar-refractivity contribution in [3.8, 4) is 0 Å². The molecular formula is C10H18N2O2. The fourth-order valence-corrected chi connectivity index (χ4v) is 2.23. The van der Waals surface area contributed by atoms with E-state index in [1.807, 2.05) is 7.05 Å². The summed E-state index contributed by atoms with van der Waals surface area (Å²) in [6, 6.07) is 0.599. The molecule has 0 bridgehead atoms. The smallest absolute Gasteiger partial charge is 0.239 e. The van der Waals surface area contributed by atoms with Gasteiger partial charge in [-0.1, -0.05) is 0 Å². The van der Waals surface area contributed by atoms with E-state index in [9.17, 15) is 4.79 Å². The van der Waals surface area contributed by atoms with Crippen molar-refractivity contribution < 1.29 is 9.90 Å². The number of aliphatic hydroxyl groups excluding tert-OH is 1. The van der Waals surface area contributed by atoms with E-state index in [0.717, 1.165) is 13.0 Å². The molecule has 1 unspecified atom stereocenters. The van der Waals surface area contributed by atoms with Crippen LogP contribution in [-0.4, -0.2) is 59.6 Å². The third kappa shape index (κ3) is 1.77. The van der Waals surface area contributed by atoms with Gasteiger partial charge in [0.2, 0.25) is 5.91 Å². The maximum Gasteiger partial charge on any atom is 0.239 e.